The second-order valence-corrected chi connectivity index (χ2v) is 6.61. The summed E-state index contributed by atoms with van der Waals surface area (Å²) in [4.78, 5) is 14.0. The van der Waals surface area contributed by atoms with E-state index in [1.165, 1.54) is 6.42 Å². The van der Waals surface area contributed by atoms with Gasteiger partial charge >= 0.3 is 0 Å². The Morgan fingerprint density at radius 1 is 1.22 bits per heavy atom. The standard InChI is InChI=1S/C17H25N5O/c1-2-9-21(8-1)15-6-10-22(12-15)17-18-7-5-16(20-17)19-14-4-3-11-23-13-14/h1-2,5,7,14-15H,3-4,6,8-13H2,(H,18,19,20)/t14-,15+/m1/s1. The van der Waals surface area contributed by atoms with Gasteiger partial charge in [-0.3, -0.25) is 4.90 Å². The molecule has 2 saturated heterocycles. The van der Waals surface area contributed by atoms with Crippen LogP contribution in [0.4, 0.5) is 11.8 Å². The fraction of sp³-hybridized carbons (Fsp3) is 0.647. The van der Waals surface area contributed by atoms with Crippen LogP contribution in [0.3, 0.4) is 0 Å². The minimum absolute atomic E-state index is 0.369. The molecule has 4 rings (SSSR count). The highest BCUT2D eigenvalue weighted by Gasteiger charge is 2.29. The molecular formula is C17H25N5O. The first-order valence-corrected chi connectivity index (χ1v) is 8.70. The zero-order valence-electron chi connectivity index (χ0n) is 13.5. The number of hydrogen-bond donors (Lipinski definition) is 1. The summed E-state index contributed by atoms with van der Waals surface area (Å²) in [6.45, 7) is 5.89. The van der Waals surface area contributed by atoms with Crippen LogP contribution in [-0.4, -0.2) is 66.3 Å². The molecule has 0 bridgehead atoms. The van der Waals surface area contributed by atoms with Crippen molar-refractivity contribution in [3.8, 4) is 0 Å². The lowest BCUT2D eigenvalue weighted by molar-refractivity contribution is 0.0875. The van der Waals surface area contributed by atoms with Crippen LogP contribution >= 0.6 is 0 Å². The molecule has 1 aromatic rings. The molecule has 1 aromatic heterocycles. The van der Waals surface area contributed by atoms with E-state index in [1.807, 2.05) is 12.3 Å². The van der Waals surface area contributed by atoms with Gasteiger partial charge in [0.15, 0.2) is 0 Å². The Hall–Kier alpha value is -1.66. The molecule has 3 aliphatic heterocycles. The predicted molar refractivity (Wildman–Crippen MR) is 90.8 cm³/mol. The number of rotatable bonds is 4. The van der Waals surface area contributed by atoms with Gasteiger partial charge < -0.3 is 15.0 Å². The van der Waals surface area contributed by atoms with E-state index in [2.05, 4.69) is 32.3 Å². The Bertz CT molecular complexity index is 550. The maximum absolute atomic E-state index is 5.53. The zero-order chi connectivity index (χ0) is 15.5. The molecule has 2 atom stereocenters. The van der Waals surface area contributed by atoms with Crippen molar-refractivity contribution in [3.63, 3.8) is 0 Å². The fourth-order valence-corrected chi connectivity index (χ4v) is 3.66. The van der Waals surface area contributed by atoms with E-state index in [-0.39, 0.29) is 0 Å². The van der Waals surface area contributed by atoms with Crippen molar-refractivity contribution in [2.75, 3.05) is 49.6 Å². The quantitative estimate of drug-likeness (QED) is 0.850. The normalized spacial score (nSPS) is 28.4. The molecule has 0 spiro atoms. The SMILES string of the molecule is C1=CCN([C@H]2CCN(c3nccc(N[C@@H]4CCCOC4)n3)C2)C1. The van der Waals surface area contributed by atoms with E-state index in [4.69, 9.17) is 9.72 Å². The molecule has 0 aliphatic carbocycles. The van der Waals surface area contributed by atoms with Crippen molar-refractivity contribution >= 4 is 11.8 Å². The lowest BCUT2D eigenvalue weighted by Gasteiger charge is -2.25. The van der Waals surface area contributed by atoms with Crippen molar-refractivity contribution in [1.82, 2.24) is 14.9 Å². The summed E-state index contributed by atoms with van der Waals surface area (Å²) in [7, 11) is 0. The first-order valence-electron chi connectivity index (χ1n) is 8.70. The third-order valence-corrected chi connectivity index (χ3v) is 4.96. The molecule has 4 heterocycles. The summed E-state index contributed by atoms with van der Waals surface area (Å²) < 4.78 is 5.53. The predicted octanol–water partition coefficient (Wildman–Crippen LogP) is 1.52. The average molecular weight is 315 g/mol. The van der Waals surface area contributed by atoms with Crippen LogP contribution in [0, 0.1) is 0 Å². The molecule has 0 aromatic carbocycles. The minimum Gasteiger partial charge on any atom is -0.379 e. The number of nitrogens with zero attached hydrogens (tertiary/aromatic N) is 4. The summed E-state index contributed by atoms with van der Waals surface area (Å²) in [6.07, 6.45) is 9.84. The van der Waals surface area contributed by atoms with Crippen LogP contribution in [0.15, 0.2) is 24.4 Å². The lowest BCUT2D eigenvalue weighted by Crippen LogP contribution is -2.36. The van der Waals surface area contributed by atoms with E-state index in [0.29, 0.717) is 12.1 Å². The van der Waals surface area contributed by atoms with Crippen LogP contribution in [0.25, 0.3) is 0 Å². The Morgan fingerprint density at radius 2 is 2.13 bits per heavy atom. The Morgan fingerprint density at radius 3 is 2.96 bits per heavy atom. The average Bonchev–Trinajstić information content (AvgIpc) is 3.28. The minimum atomic E-state index is 0.369. The monoisotopic (exact) mass is 315 g/mol. The largest absolute Gasteiger partial charge is 0.379 e. The molecule has 6 heteroatoms. The highest BCUT2D eigenvalue weighted by Crippen LogP contribution is 2.22. The van der Waals surface area contributed by atoms with Crippen molar-refractivity contribution in [3.05, 3.63) is 24.4 Å². The Kier molecular flexibility index (Phi) is 4.43. The van der Waals surface area contributed by atoms with Crippen molar-refractivity contribution in [2.24, 2.45) is 0 Å². The van der Waals surface area contributed by atoms with Crippen molar-refractivity contribution in [1.29, 1.82) is 0 Å². The molecule has 1 N–H and O–H groups in total. The molecule has 124 valence electrons. The van der Waals surface area contributed by atoms with E-state index in [9.17, 15) is 0 Å². The molecule has 23 heavy (non-hydrogen) atoms. The topological polar surface area (TPSA) is 53.5 Å². The van der Waals surface area contributed by atoms with Gasteiger partial charge in [0.1, 0.15) is 5.82 Å². The maximum atomic E-state index is 5.53. The van der Waals surface area contributed by atoms with Gasteiger partial charge in [0.05, 0.1) is 12.6 Å². The smallest absolute Gasteiger partial charge is 0.227 e. The Labute approximate surface area is 137 Å². The lowest BCUT2D eigenvalue weighted by atomic mass is 10.1. The van der Waals surface area contributed by atoms with Gasteiger partial charge in [0.25, 0.3) is 0 Å². The number of ether oxygens (including phenoxy) is 1. The number of nitrogens with one attached hydrogen (secondary N) is 1. The molecule has 6 nitrogen and oxygen atoms in total. The third-order valence-electron chi connectivity index (χ3n) is 4.96. The van der Waals surface area contributed by atoms with E-state index in [1.54, 1.807) is 0 Å². The van der Waals surface area contributed by atoms with Gasteiger partial charge in [0.2, 0.25) is 5.95 Å². The van der Waals surface area contributed by atoms with E-state index in [0.717, 1.165) is 64.0 Å². The fourth-order valence-electron chi connectivity index (χ4n) is 3.66. The number of aromatic nitrogens is 2. The summed E-state index contributed by atoms with van der Waals surface area (Å²) in [5.74, 6) is 1.76. The molecule has 3 aliphatic rings. The van der Waals surface area contributed by atoms with Gasteiger partial charge in [-0.05, 0) is 25.3 Å². The van der Waals surface area contributed by atoms with E-state index < -0.39 is 0 Å². The van der Waals surface area contributed by atoms with Gasteiger partial charge in [-0.25, -0.2) is 4.98 Å². The molecular weight excluding hydrogens is 290 g/mol. The second-order valence-electron chi connectivity index (χ2n) is 6.61. The molecule has 0 radical (unpaired) electrons. The highest BCUT2D eigenvalue weighted by molar-refractivity contribution is 5.43. The summed E-state index contributed by atoms with van der Waals surface area (Å²) in [5, 5.41) is 3.49. The van der Waals surface area contributed by atoms with Crippen LogP contribution in [-0.2, 0) is 4.74 Å². The summed E-state index contributed by atoms with van der Waals surface area (Å²) in [5.41, 5.74) is 0. The second kappa shape index (κ2) is 6.84. The van der Waals surface area contributed by atoms with Gasteiger partial charge in [0, 0.05) is 45.0 Å². The van der Waals surface area contributed by atoms with Crippen LogP contribution in [0.1, 0.15) is 19.3 Å². The Balaban J connectivity index is 1.38. The molecule has 0 amide bonds. The van der Waals surface area contributed by atoms with Crippen LogP contribution in [0.2, 0.25) is 0 Å². The highest BCUT2D eigenvalue weighted by atomic mass is 16.5. The summed E-state index contributed by atoms with van der Waals surface area (Å²) >= 11 is 0. The van der Waals surface area contributed by atoms with Gasteiger partial charge in [-0.1, -0.05) is 12.2 Å². The molecule has 2 fully saturated rings. The van der Waals surface area contributed by atoms with Crippen LogP contribution in [0.5, 0.6) is 0 Å². The number of anilines is 2. The first-order chi connectivity index (χ1) is 11.4. The van der Waals surface area contributed by atoms with Crippen molar-refractivity contribution in [2.45, 2.75) is 31.3 Å². The van der Waals surface area contributed by atoms with Gasteiger partial charge in [-0.15, -0.1) is 0 Å². The van der Waals surface area contributed by atoms with Crippen LogP contribution < -0.4 is 10.2 Å². The number of hydrogen-bond acceptors (Lipinski definition) is 6. The third kappa shape index (κ3) is 3.48. The molecule has 0 unspecified atom stereocenters. The molecule has 0 saturated carbocycles. The zero-order valence-corrected chi connectivity index (χ0v) is 13.5. The summed E-state index contributed by atoms with van der Waals surface area (Å²) in [6, 6.07) is 2.95. The van der Waals surface area contributed by atoms with Crippen molar-refractivity contribution < 1.29 is 4.74 Å². The first kappa shape index (κ1) is 14.9. The van der Waals surface area contributed by atoms with Gasteiger partial charge in [-0.2, -0.15) is 4.98 Å². The van der Waals surface area contributed by atoms with E-state index >= 15 is 0 Å². The maximum Gasteiger partial charge on any atom is 0.227 e.